The fraction of sp³-hybridized carbons (Fsp3) is 0.562. The lowest BCUT2D eigenvalue weighted by molar-refractivity contribution is -0.120. The predicted octanol–water partition coefficient (Wildman–Crippen LogP) is 3.13. The highest BCUT2D eigenvalue weighted by atomic mass is 32.2. The van der Waals surface area contributed by atoms with Crippen LogP contribution in [0.4, 0.5) is 15.8 Å². The lowest BCUT2D eigenvalue weighted by atomic mass is 10.0. The van der Waals surface area contributed by atoms with Gasteiger partial charge in [-0.3, -0.25) is 9.10 Å². The number of sulfonamides is 1. The van der Waals surface area contributed by atoms with Gasteiger partial charge in [0.1, 0.15) is 5.82 Å². The molecular formula is C16H23FN2O3S. The quantitative estimate of drug-likeness (QED) is 0.828. The second kappa shape index (κ2) is 6.86. The van der Waals surface area contributed by atoms with E-state index in [0.29, 0.717) is 18.5 Å². The van der Waals surface area contributed by atoms with Crippen LogP contribution in [0.5, 0.6) is 0 Å². The highest BCUT2D eigenvalue weighted by Crippen LogP contribution is 2.38. The molecule has 2 rings (SSSR count). The third kappa shape index (κ3) is 4.22. The van der Waals surface area contributed by atoms with Gasteiger partial charge in [-0.15, -0.1) is 0 Å². The van der Waals surface area contributed by atoms with E-state index in [2.05, 4.69) is 5.32 Å². The third-order valence-corrected chi connectivity index (χ3v) is 5.26. The Morgan fingerprint density at radius 1 is 1.35 bits per heavy atom. The molecule has 1 aliphatic carbocycles. The van der Waals surface area contributed by atoms with Crippen molar-refractivity contribution in [2.24, 2.45) is 5.92 Å². The molecule has 1 aliphatic rings. The lowest BCUT2D eigenvalue weighted by Crippen LogP contribution is -2.33. The summed E-state index contributed by atoms with van der Waals surface area (Å²) >= 11 is 0. The van der Waals surface area contributed by atoms with Crippen molar-refractivity contribution in [1.82, 2.24) is 0 Å². The van der Waals surface area contributed by atoms with E-state index in [1.54, 1.807) is 0 Å². The number of hydrogen-bond donors (Lipinski definition) is 1. The van der Waals surface area contributed by atoms with Crippen LogP contribution in [0.2, 0.25) is 0 Å². The number of rotatable bonds is 7. The molecule has 1 amide bonds. The zero-order chi connectivity index (χ0) is 17.2. The van der Waals surface area contributed by atoms with Crippen molar-refractivity contribution in [1.29, 1.82) is 0 Å². The minimum Gasteiger partial charge on any atom is -0.324 e. The maximum atomic E-state index is 13.6. The van der Waals surface area contributed by atoms with Gasteiger partial charge in [0, 0.05) is 12.0 Å². The number of nitrogens with one attached hydrogen (secondary N) is 1. The first kappa shape index (κ1) is 17.7. The van der Waals surface area contributed by atoms with E-state index in [-0.39, 0.29) is 23.6 Å². The first-order valence-electron chi connectivity index (χ1n) is 7.87. The first-order chi connectivity index (χ1) is 10.8. The topological polar surface area (TPSA) is 66.5 Å². The summed E-state index contributed by atoms with van der Waals surface area (Å²) in [5.74, 6) is -0.914. The molecule has 7 heteroatoms. The summed E-state index contributed by atoms with van der Waals surface area (Å²) in [6.07, 6.45) is 4.01. The molecule has 1 aromatic carbocycles. The molecule has 1 N–H and O–H groups in total. The van der Waals surface area contributed by atoms with Crippen LogP contribution in [0.25, 0.3) is 0 Å². The van der Waals surface area contributed by atoms with E-state index in [1.807, 2.05) is 13.8 Å². The summed E-state index contributed by atoms with van der Waals surface area (Å²) in [5, 5.41) is 2.70. The van der Waals surface area contributed by atoms with Crippen LogP contribution in [-0.4, -0.2) is 26.6 Å². The van der Waals surface area contributed by atoms with Gasteiger partial charge in [-0.1, -0.05) is 13.8 Å². The number of anilines is 2. The molecule has 1 saturated carbocycles. The maximum absolute atomic E-state index is 13.6. The monoisotopic (exact) mass is 342 g/mol. The van der Waals surface area contributed by atoms with E-state index < -0.39 is 15.8 Å². The molecule has 1 aromatic rings. The molecule has 0 saturated heterocycles. The standard InChI is InChI=1S/C16H23FN2O3S/c1-4-11(5-2)16(20)18-14-10-12(17)6-9-15(14)19(13-7-8-13)23(3,21)22/h6,9-11,13H,4-5,7-8H2,1-3H3,(H,18,20). The molecule has 1 fully saturated rings. The van der Waals surface area contributed by atoms with Crippen LogP contribution < -0.4 is 9.62 Å². The van der Waals surface area contributed by atoms with E-state index in [0.717, 1.165) is 19.1 Å². The number of carbonyl (C=O) groups excluding carboxylic acids is 1. The summed E-state index contributed by atoms with van der Waals surface area (Å²) in [5.41, 5.74) is 0.537. The summed E-state index contributed by atoms with van der Waals surface area (Å²) in [6, 6.07) is 3.69. The molecule has 0 heterocycles. The van der Waals surface area contributed by atoms with Crippen LogP contribution in [-0.2, 0) is 14.8 Å². The van der Waals surface area contributed by atoms with Crippen molar-refractivity contribution in [3.8, 4) is 0 Å². The summed E-state index contributed by atoms with van der Waals surface area (Å²) < 4.78 is 39.1. The highest BCUT2D eigenvalue weighted by Gasteiger charge is 2.36. The molecule has 0 radical (unpaired) electrons. The van der Waals surface area contributed by atoms with Gasteiger partial charge in [-0.25, -0.2) is 12.8 Å². The molecule has 0 atom stereocenters. The Kier molecular flexibility index (Phi) is 5.29. The van der Waals surface area contributed by atoms with Gasteiger partial charge in [0.05, 0.1) is 17.6 Å². The number of halogens is 1. The molecule has 0 aromatic heterocycles. The molecule has 0 unspecified atom stereocenters. The second-order valence-corrected chi connectivity index (χ2v) is 7.81. The van der Waals surface area contributed by atoms with Crippen molar-refractivity contribution < 1.29 is 17.6 Å². The fourth-order valence-corrected chi connectivity index (χ4v) is 3.92. The molecule has 5 nitrogen and oxygen atoms in total. The SMILES string of the molecule is CCC(CC)C(=O)Nc1cc(F)ccc1N(C1CC1)S(C)(=O)=O. The smallest absolute Gasteiger partial charge is 0.232 e. The van der Waals surface area contributed by atoms with Gasteiger partial charge < -0.3 is 5.32 Å². The lowest BCUT2D eigenvalue weighted by Gasteiger charge is -2.25. The first-order valence-corrected chi connectivity index (χ1v) is 9.72. The second-order valence-electron chi connectivity index (χ2n) is 5.95. The Morgan fingerprint density at radius 3 is 2.43 bits per heavy atom. The van der Waals surface area contributed by atoms with E-state index in [9.17, 15) is 17.6 Å². The largest absolute Gasteiger partial charge is 0.324 e. The summed E-state index contributed by atoms with van der Waals surface area (Å²) in [6.45, 7) is 3.82. The average molecular weight is 342 g/mol. The van der Waals surface area contributed by atoms with E-state index in [4.69, 9.17) is 0 Å². The normalized spacial score (nSPS) is 14.8. The van der Waals surface area contributed by atoms with Gasteiger partial charge in [0.15, 0.2) is 0 Å². The fourth-order valence-electron chi connectivity index (χ4n) is 2.65. The minimum atomic E-state index is -3.50. The number of nitrogens with zero attached hydrogens (tertiary/aromatic N) is 1. The zero-order valence-corrected chi connectivity index (χ0v) is 14.5. The molecule has 128 valence electrons. The van der Waals surface area contributed by atoms with Crippen LogP contribution in [0.1, 0.15) is 39.5 Å². The number of amides is 1. The molecule has 0 aliphatic heterocycles. The number of carbonyl (C=O) groups is 1. The van der Waals surface area contributed by atoms with Crippen molar-refractivity contribution in [2.45, 2.75) is 45.6 Å². The molecule has 0 bridgehead atoms. The van der Waals surface area contributed by atoms with Gasteiger partial charge in [0.2, 0.25) is 15.9 Å². The van der Waals surface area contributed by atoms with Crippen LogP contribution in [0, 0.1) is 11.7 Å². The Morgan fingerprint density at radius 2 is 1.96 bits per heavy atom. The average Bonchev–Trinajstić information content (AvgIpc) is 3.26. The zero-order valence-electron chi connectivity index (χ0n) is 13.7. The van der Waals surface area contributed by atoms with Crippen LogP contribution >= 0.6 is 0 Å². The summed E-state index contributed by atoms with van der Waals surface area (Å²) in [4.78, 5) is 12.3. The summed E-state index contributed by atoms with van der Waals surface area (Å²) in [7, 11) is -3.50. The van der Waals surface area contributed by atoms with Crippen molar-refractivity contribution in [3.05, 3.63) is 24.0 Å². The highest BCUT2D eigenvalue weighted by molar-refractivity contribution is 7.92. The number of hydrogen-bond acceptors (Lipinski definition) is 3. The maximum Gasteiger partial charge on any atom is 0.232 e. The Hall–Kier alpha value is -1.63. The Labute approximate surface area is 136 Å². The van der Waals surface area contributed by atoms with Crippen molar-refractivity contribution in [2.75, 3.05) is 15.9 Å². The van der Waals surface area contributed by atoms with Gasteiger partial charge in [-0.2, -0.15) is 0 Å². The molecular weight excluding hydrogens is 319 g/mol. The Balaban J connectivity index is 2.39. The molecule has 23 heavy (non-hydrogen) atoms. The van der Waals surface area contributed by atoms with Gasteiger partial charge >= 0.3 is 0 Å². The van der Waals surface area contributed by atoms with Crippen LogP contribution in [0.15, 0.2) is 18.2 Å². The third-order valence-electron chi connectivity index (χ3n) is 4.05. The number of benzene rings is 1. The van der Waals surface area contributed by atoms with Crippen LogP contribution in [0.3, 0.4) is 0 Å². The van der Waals surface area contributed by atoms with Crippen molar-refractivity contribution >= 4 is 27.3 Å². The minimum absolute atomic E-state index is 0.112. The molecule has 0 spiro atoms. The van der Waals surface area contributed by atoms with Gasteiger partial charge in [0.25, 0.3) is 0 Å². The van der Waals surface area contributed by atoms with Gasteiger partial charge in [-0.05, 0) is 43.9 Å². The predicted molar refractivity (Wildman–Crippen MR) is 89.4 cm³/mol. The van der Waals surface area contributed by atoms with Crippen molar-refractivity contribution in [3.63, 3.8) is 0 Å². The Bertz CT molecular complexity index is 683. The van der Waals surface area contributed by atoms with E-state index in [1.165, 1.54) is 22.5 Å². The van der Waals surface area contributed by atoms with E-state index >= 15 is 0 Å².